The number of amides is 3. The molecule has 0 radical (unpaired) electrons. The van der Waals surface area contributed by atoms with E-state index in [9.17, 15) is 14.4 Å². The average molecular weight is 444 g/mol. The Kier molecular flexibility index (Phi) is 6.14. The van der Waals surface area contributed by atoms with Crippen LogP contribution in [0.4, 0.5) is 11.4 Å². The Balaban J connectivity index is 1.59. The largest absolute Gasteiger partial charge is 0.339 e. The van der Waals surface area contributed by atoms with E-state index < -0.39 is 0 Å². The molecule has 146 valence electrons. The number of carbonyl (C=O) groups is 3. The zero-order valence-electron chi connectivity index (χ0n) is 15.7. The number of benzene rings is 2. The molecule has 0 aromatic heterocycles. The maximum atomic E-state index is 12.4. The summed E-state index contributed by atoms with van der Waals surface area (Å²) in [4.78, 5) is 38.5. The molecule has 6 nitrogen and oxygen atoms in total. The summed E-state index contributed by atoms with van der Waals surface area (Å²) in [6, 6.07) is 14.1. The summed E-state index contributed by atoms with van der Waals surface area (Å²) in [5.74, 6) is -0.753. The van der Waals surface area contributed by atoms with Gasteiger partial charge in [0.2, 0.25) is 11.8 Å². The first-order valence-electron chi connectivity index (χ1n) is 9.11. The van der Waals surface area contributed by atoms with Crippen LogP contribution in [0.15, 0.2) is 53.0 Å². The van der Waals surface area contributed by atoms with E-state index in [1.54, 1.807) is 35.2 Å². The van der Waals surface area contributed by atoms with Gasteiger partial charge in [-0.25, -0.2) is 0 Å². The van der Waals surface area contributed by atoms with E-state index >= 15 is 0 Å². The number of anilines is 2. The molecule has 0 bridgehead atoms. The van der Waals surface area contributed by atoms with E-state index in [1.807, 2.05) is 32.0 Å². The second-order valence-corrected chi connectivity index (χ2v) is 7.99. The first-order chi connectivity index (χ1) is 13.3. The van der Waals surface area contributed by atoms with Gasteiger partial charge in [-0.15, -0.1) is 0 Å². The number of hydrogen-bond donors (Lipinski definition) is 2. The third kappa shape index (κ3) is 4.78. The van der Waals surface area contributed by atoms with Gasteiger partial charge in [-0.05, 0) is 56.3 Å². The Labute approximate surface area is 172 Å². The number of hydrogen-bond acceptors (Lipinski definition) is 3. The molecule has 3 amide bonds. The van der Waals surface area contributed by atoms with Gasteiger partial charge in [-0.1, -0.05) is 22.0 Å². The lowest BCUT2D eigenvalue weighted by Gasteiger charge is -2.20. The van der Waals surface area contributed by atoms with Crippen molar-refractivity contribution in [3.8, 4) is 0 Å². The molecule has 7 heteroatoms. The van der Waals surface area contributed by atoms with Gasteiger partial charge in [0.05, 0.1) is 5.92 Å². The van der Waals surface area contributed by atoms with Crippen molar-refractivity contribution in [1.82, 2.24) is 4.90 Å². The van der Waals surface area contributed by atoms with E-state index in [1.165, 1.54) is 0 Å². The third-order valence-corrected chi connectivity index (χ3v) is 5.14. The van der Waals surface area contributed by atoms with Crippen molar-refractivity contribution in [2.24, 2.45) is 5.92 Å². The van der Waals surface area contributed by atoms with Crippen molar-refractivity contribution in [2.45, 2.75) is 26.3 Å². The standard InChI is InChI=1S/C21H22BrN3O3/c1-13(2)25-12-15(10-19(25)26)21(28)23-17-8-6-14(7-9-17)20(27)24-18-5-3-4-16(22)11-18/h3-9,11,13,15H,10,12H2,1-2H3,(H,23,28)(H,24,27). The molecular formula is C21H22BrN3O3. The Morgan fingerprint density at radius 3 is 2.39 bits per heavy atom. The number of halogens is 1. The van der Waals surface area contributed by atoms with E-state index in [-0.39, 0.29) is 36.1 Å². The van der Waals surface area contributed by atoms with Crippen LogP contribution < -0.4 is 10.6 Å². The molecule has 1 heterocycles. The van der Waals surface area contributed by atoms with Crippen molar-refractivity contribution >= 4 is 45.0 Å². The van der Waals surface area contributed by atoms with Crippen LogP contribution in [0, 0.1) is 5.92 Å². The second kappa shape index (κ2) is 8.56. The molecule has 1 aliphatic rings. The fraction of sp³-hybridized carbons (Fsp3) is 0.286. The first kappa shape index (κ1) is 20.1. The Hall–Kier alpha value is -2.67. The fourth-order valence-electron chi connectivity index (χ4n) is 3.13. The van der Waals surface area contributed by atoms with Gasteiger partial charge in [0.25, 0.3) is 5.91 Å². The van der Waals surface area contributed by atoms with Gasteiger partial charge in [0.15, 0.2) is 0 Å². The molecule has 1 aliphatic heterocycles. The van der Waals surface area contributed by atoms with Gasteiger partial charge in [0.1, 0.15) is 0 Å². The predicted molar refractivity (Wildman–Crippen MR) is 112 cm³/mol. The molecule has 1 atom stereocenters. The topological polar surface area (TPSA) is 78.5 Å². The number of rotatable bonds is 5. The highest BCUT2D eigenvalue weighted by Crippen LogP contribution is 2.22. The molecule has 2 aromatic carbocycles. The minimum Gasteiger partial charge on any atom is -0.339 e. The van der Waals surface area contributed by atoms with Gasteiger partial charge < -0.3 is 15.5 Å². The summed E-state index contributed by atoms with van der Waals surface area (Å²) >= 11 is 3.37. The van der Waals surface area contributed by atoms with Crippen LogP contribution in [0.1, 0.15) is 30.6 Å². The van der Waals surface area contributed by atoms with E-state index in [0.29, 0.717) is 23.5 Å². The zero-order chi connectivity index (χ0) is 20.3. The van der Waals surface area contributed by atoms with Gasteiger partial charge >= 0.3 is 0 Å². The van der Waals surface area contributed by atoms with Crippen LogP contribution >= 0.6 is 15.9 Å². The molecule has 2 N–H and O–H groups in total. The van der Waals surface area contributed by atoms with Crippen molar-refractivity contribution in [3.63, 3.8) is 0 Å². The van der Waals surface area contributed by atoms with Crippen LogP contribution in [0.3, 0.4) is 0 Å². The number of likely N-dealkylation sites (tertiary alicyclic amines) is 1. The van der Waals surface area contributed by atoms with Crippen LogP contribution in [-0.2, 0) is 9.59 Å². The molecule has 3 rings (SSSR count). The van der Waals surface area contributed by atoms with E-state index in [0.717, 1.165) is 4.47 Å². The molecule has 28 heavy (non-hydrogen) atoms. The minimum atomic E-state index is -0.352. The van der Waals surface area contributed by atoms with Crippen LogP contribution in [0.5, 0.6) is 0 Å². The molecule has 1 unspecified atom stereocenters. The summed E-state index contributed by atoms with van der Waals surface area (Å²) < 4.78 is 0.879. The highest BCUT2D eigenvalue weighted by atomic mass is 79.9. The number of nitrogens with zero attached hydrogens (tertiary/aromatic N) is 1. The molecule has 2 aromatic rings. The predicted octanol–water partition coefficient (Wildman–Crippen LogP) is 3.90. The Morgan fingerprint density at radius 1 is 1.07 bits per heavy atom. The zero-order valence-corrected chi connectivity index (χ0v) is 17.3. The highest BCUT2D eigenvalue weighted by molar-refractivity contribution is 9.10. The first-order valence-corrected chi connectivity index (χ1v) is 9.90. The summed E-state index contributed by atoms with van der Waals surface area (Å²) in [5.41, 5.74) is 1.77. The minimum absolute atomic E-state index is 0.00900. The van der Waals surface area contributed by atoms with E-state index in [4.69, 9.17) is 0 Å². The maximum Gasteiger partial charge on any atom is 0.255 e. The lowest BCUT2D eigenvalue weighted by atomic mass is 10.1. The molecule has 1 fully saturated rings. The van der Waals surface area contributed by atoms with Crippen molar-refractivity contribution in [1.29, 1.82) is 0 Å². The normalized spacial score (nSPS) is 16.4. The molecule has 1 saturated heterocycles. The monoisotopic (exact) mass is 443 g/mol. The van der Waals surface area contributed by atoms with Crippen molar-refractivity contribution < 1.29 is 14.4 Å². The van der Waals surface area contributed by atoms with Crippen molar-refractivity contribution in [3.05, 3.63) is 58.6 Å². The van der Waals surface area contributed by atoms with E-state index in [2.05, 4.69) is 26.6 Å². The smallest absolute Gasteiger partial charge is 0.255 e. The molecular weight excluding hydrogens is 422 g/mol. The number of nitrogens with one attached hydrogen (secondary N) is 2. The van der Waals surface area contributed by atoms with Gasteiger partial charge in [-0.3, -0.25) is 14.4 Å². The van der Waals surface area contributed by atoms with Crippen LogP contribution in [-0.4, -0.2) is 35.2 Å². The quantitative estimate of drug-likeness (QED) is 0.735. The van der Waals surface area contributed by atoms with Crippen LogP contribution in [0.25, 0.3) is 0 Å². The average Bonchev–Trinajstić information content (AvgIpc) is 3.04. The Morgan fingerprint density at radius 2 is 1.79 bits per heavy atom. The number of carbonyl (C=O) groups excluding carboxylic acids is 3. The third-order valence-electron chi connectivity index (χ3n) is 4.65. The summed E-state index contributed by atoms with van der Waals surface area (Å²) in [7, 11) is 0. The highest BCUT2D eigenvalue weighted by Gasteiger charge is 2.35. The SMILES string of the molecule is CC(C)N1CC(C(=O)Nc2ccc(C(=O)Nc3cccc(Br)c3)cc2)CC1=O. The molecule has 0 spiro atoms. The molecule has 0 saturated carbocycles. The lowest BCUT2D eigenvalue weighted by Crippen LogP contribution is -2.33. The second-order valence-electron chi connectivity index (χ2n) is 7.07. The van der Waals surface area contributed by atoms with Gasteiger partial charge in [-0.2, -0.15) is 0 Å². The summed E-state index contributed by atoms with van der Waals surface area (Å²) in [6.07, 6.45) is 0.233. The fourth-order valence-corrected chi connectivity index (χ4v) is 3.52. The lowest BCUT2D eigenvalue weighted by molar-refractivity contribution is -0.129. The Bertz CT molecular complexity index is 896. The van der Waals surface area contributed by atoms with Crippen molar-refractivity contribution in [2.75, 3.05) is 17.2 Å². The molecule has 0 aliphatic carbocycles. The maximum absolute atomic E-state index is 12.4. The van der Waals surface area contributed by atoms with Crippen LogP contribution in [0.2, 0.25) is 0 Å². The van der Waals surface area contributed by atoms with Gasteiger partial charge in [0, 0.05) is 40.4 Å². The summed E-state index contributed by atoms with van der Waals surface area (Å²) in [5, 5.41) is 5.66. The summed E-state index contributed by atoms with van der Waals surface area (Å²) in [6.45, 7) is 4.32.